The number of nitro benzene ring substituents is 1. The minimum absolute atomic E-state index is 0.0124. The number of ketones is 1. The van der Waals surface area contributed by atoms with Gasteiger partial charge in [-0.25, -0.2) is 0 Å². The van der Waals surface area contributed by atoms with Crippen LogP contribution in [0.2, 0.25) is 0 Å². The van der Waals surface area contributed by atoms with E-state index in [-0.39, 0.29) is 24.5 Å². The lowest BCUT2D eigenvalue weighted by molar-refractivity contribution is -0.384. The van der Waals surface area contributed by atoms with Gasteiger partial charge in [0.15, 0.2) is 6.61 Å². The van der Waals surface area contributed by atoms with Crippen molar-refractivity contribution in [3.63, 3.8) is 0 Å². The van der Waals surface area contributed by atoms with E-state index < -0.39 is 10.9 Å². The molecule has 1 aromatic carbocycles. The van der Waals surface area contributed by atoms with Crippen molar-refractivity contribution < 1.29 is 19.2 Å². The Hall–Kier alpha value is -2.74. The first-order chi connectivity index (χ1) is 11.6. The van der Waals surface area contributed by atoms with Crippen molar-refractivity contribution in [1.82, 2.24) is 0 Å². The molecule has 24 heavy (non-hydrogen) atoms. The molecule has 0 saturated heterocycles. The molecule has 0 aliphatic heterocycles. The molecule has 2 aromatic rings. The highest BCUT2D eigenvalue weighted by Crippen LogP contribution is 2.22. The first-order valence-electron chi connectivity index (χ1n) is 7.27. The van der Waals surface area contributed by atoms with Gasteiger partial charge >= 0.3 is 5.97 Å². The lowest BCUT2D eigenvalue weighted by Gasteiger charge is -2.07. The Morgan fingerprint density at radius 3 is 2.71 bits per heavy atom. The van der Waals surface area contributed by atoms with Crippen LogP contribution in [0.4, 0.5) is 11.4 Å². The Labute approximate surface area is 142 Å². The molecule has 7 nitrogen and oxygen atoms in total. The summed E-state index contributed by atoms with van der Waals surface area (Å²) in [7, 11) is 0. The third-order valence-electron chi connectivity index (χ3n) is 3.13. The van der Waals surface area contributed by atoms with E-state index >= 15 is 0 Å². The summed E-state index contributed by atoms with van der Waals surface area (Å²) in [6.07, 6.45) is 0.573. The number of benzene rings is 1. The van der Waals surface area contributed by atoms with E-state index in [4.69, 9.17) is 4.74 Å². The van der Waals surface area contributed by atoms with Crippen LogP contribution < -0.4 is 5.32 Å². The molecule has 0 aliphatic carbocycles. The zero-order valence-electron chi connectivity index (χ0n) is 12.8. The maximum absolute atomic E-state index is 11.7. The Morgan fingerprint density at radius 1 is 1.21 bits per heavy atom. The lowest BCUT2D eigenvalue weighted by Crippen LogP contribution is -2.14. The molecule has 8 heteroatoms. The molecule has 0 unspecified atom stereocenters. The number of nitrogens with one attached hydrogen (secondary N) is 1. The number of nitro groups is 1. The van der Waals surface area contributed by atoms with Gasteiger partial charge in [-0.3, -0.25) is 19.7 Å². The second kappa shape index (κ2) is 8.78. The Morgan fingerprint density at radius 2 is 2.00 bits per heavy atom. The molecule has 0 spiro atoms. The van der Waals surface area contributed by atoms with Crippen LogP contribution in [0.15, 0.2) is 41.8 Å². The molecule has 0 radical (unpaired) electrons. The van der Waals surface area contributed by atoms with Crippen LogP contribution in [0.5, 0.6) is 0 Å². The Kier molecular flexibility index (Phi) is 6.44. The number of anilines is 1. The highest BCUT2D eigenvalue weighted by atomic mass is 32.1. The summed E-state index contributed by atoms with van der Waals surface area (Å²) in [5, 5.41) is 15.6. The van der Waals surface area contributed by atoms with Crippen molar-refractivity contribution in [2.24, 2.45) is 0 Å². The minimum Gasteiger partial charge on any atom is -0.457 e. The SMILES string of the molecule is O=C(CCCNc1ccccc1[N+](=O)[O-])OCC(=O)c1cccs1. The van der Waals surface area contributed by atoms with Gasteiger partial charge in [-0.1, -0.05) is 18.2 Å². The molecule has 0 atom stereocenters. The second-order valence-electron chi connectivity index (χ2n) is 4.87. The van der Waals surface area contributed by atoms with Crippen molar-refractivity contribution in [2.45, 2.75) is 12.8 Å². The summed E-state index contributed by atoms with van der Waals surface area (Å²) in [6.45, 7) is 0.121. The van der Waals surface area contributed by atoms with Gasteiger partial charge in [0.05, 0.1) is 9.80 Å². The molecule has 1 aromatic heterocycles. The van der Waals surface area contributed by atoms with Crippen LogP contribution in [0.3, 0.4) is 0 Å². The van der Waals surface area contributed by atoms with E-state index in [2.05, 4.69) is 5.32 Å². The van der Waals surface area contributed by atoms with E-state index in [9.17, 15) is 19.7 Å². The quantitative estimate of drug-likeness (QED) is 0.245. The molecule has 0 saturated carbocycles. The van der Waals surface area contributed by atoms with Crippen molar-refractivity contribution in [3.05, 3.63) is 56.8 Å². The smallest absolute Gasteiger partial charge is 0.306 e. The van der Waals surface area contributed by atoms with Crippen LogP contribution in [0.1, 0.15) is 22.5 Å². The minimum atomic E-state index is -0.468. The van der Waals surface area contributed by atoms with Crippen molar-refractivity contribution in [3.8, 4) is 0 Å². The zero-order chi connectivity index (χ0) is 17.4. The molecule has 1 heterocycles. The molecule has 0 aliphatic rings. The molecule has 126 valence electrons. The van der Waals surface area contributed by atoms with Crippen LogP contribution in [-0.4, -0.2) is 29.8 Å². The van der Waals surface area contributed by atoms with Gasteiger partial charge in [0.2, 0.25) is 5.78 Å². The van der Waals surface area contributed by atoms with Gasteiger partial charge < -0.3 is 10.1 Å². The maximum atomic E-state index is 11.7. The van der Waals surface area contributed by atoms with Gasteiger partial charge in [-0.05, 0) is 23.9 Å². The number of hydrogen-bond acceptors (Lipinski definition) is 7. The Balaban J connectivity index is 1.68. The summed E-state index contributed by atoms with van der Waals surface area (Å²) < 4.78 is 4.92. The van der Waals surface area contributed by atoms with Gasteiger partial charge in [0.1, 0.15) is 5.69 Å². The number of hydrogen-bond donors (Lipinski definition) is 1. The molecule has 1 N–H and O–H groups in total. The number of Topliss-reactive ketones (excluding diaryl/α,β-unsaturated/α-hetero) is 1. The topological polar surface area (TPSA) is 98.5 Å². The zero-order valence-corrected chi connectivity index (χ0v) is 13.6. The number of ether oxygens (including phenoxy) is 1. The molecule has 0 amide bonds. The predicted octanol–water partition coefficient (Wildman–Crippen LogP) is 3.27. The number of nitrogens with zero attached hydrogens (tertiary/aromatic N) is 1. The van der Waals surface area contributed by atoms with Crippen molar-refractivity contribution in [1.29, 1.82) is 0 Å². The predicted molar refractivity (Wildman–Crippen MR) is 90.4 cm³/mol. The van der Waals surface area contributed by atoms with Crippen LogP contribution in [0, 0.1) is 10.1 Å². The first kappa shape index (κ1) is 17.6. The highest BCUT2D eigenvalue weighted by Gasteiger charge is 2.13. The van der Waals surface area contributed by atoms with Crippen molar-refractivity contribution in [2.75, 3.05) is 18.5 Å². The maximum Gasteiger partial charge on any atom is 0.306 e. The van der Waals surface area contributed by atoms with E-state index in [1.165, 1.54) is 17.4 Å². The van der Waals surface area contributed by atoms with Gasteiger partial charge in [0, 0.05) is 19.0 Å². The molecular formula is C16H16N2O5S. The largest absolute Gasteiger partial charge is 0.457 e. The van der Waals surface area contributed by atoms with Crippen LogP contribution in [-0.2, 0) is 9.53 Å². The van der Waals surface area contributed by atoms with E-state index in [0.717, 1.165) is 0 Å². The molecule has 0 bridgehead atoms. The van der Waals surface area contributed by atoms with Crippen LogP contribution >= 0.6 is 11.3 Å². The fraction of sp³-hybridized carbons (Fsp3) is 0.250. The van der Waals surface area contributed by atoms with E-state index in [1.54, 1.807) is 35.7 Å². The number of rotatable bonds is 9. The van der Waals surface area contributed by atoms with E-state index in [0.29, 0.717) is 23.5 Å². The average Bonchev–Trinajstić information content (AvgIpc) is 3.11. The summed E-state index contributed by atoms with van der Waals surface area (Å²) in [5.74, 6) is -0.694. The average molecular weight is 348 g/mol. The number of carbonyl (C=O) groups is 2. The van der Waals surface area contributed by atoms with Crippen LogP contribution in [0.25, 0.3) is 0 Å². The standard InChI is InChI=1S/C16H16N2O5S/c19-14(15-7-4-10-24-15)11-23-16(20)8-3-9-17-12-5-1-2-6-13(12)18(21)22/h1-2,4-7,10,17H,3,8-9,11H2. The number of para-hydroxylation sites is 2. The van der Waals surface area contributed by atoms with Gasteiger partial charge in [0.25, 0.3) is 5.69 Å². The number of carbonyl (C=O) groups excluding carboxylic acids is 2. The number of esters is 1. The van der Waals surface area contributed by atoms with Gasteiger partial charge in [-0.2, -0.15) is 0 Å². The van der Waals surface area contributed by atoms with Gasteiger partial charge in [-0.15, -0.1) is 11.3 Å². The summed E-state index contributed by atoms with van der Waals surface area (Å²) >= 11 is 1.30. The Bertz CT molecular complexity index is 715. The number of thiophene rings is 1. The normalized spacial score (nSPS) is 10.2. The lowest BCUT2D eigenvalue weighted by atomic mass is 10.2. The molecule has 0 fully saturated rings. The fourth-order valence-corrected chi connectivity index (χ4v) is 2.62. The third kappa shape index (κ3) is 5.17. The summed E-state index contributed by atoms with van der Waals surface area (Å²) in [6, 6.07) is 9.74. The monoisotopic (exact) mass is 348 g/mol. The first-order valence-corrected chi connectivity index (χ1v) is 8.15. The molecular weight excluding hydrogens is 332 g/mol. The molecule has 2 rings (SSSR count). The van der Waals surface area contributed by atoms with E-state index in [1.807, 2.05) is 0 Å². The second-order valence-corrected chi connectivity index (χ2v) is 5.81. The third-order valence-corrected chi connectivity index (χ3v) is 4.05. The highest BCUT2D eigenvalue weighted by molar-refractivity contribution is 7.12. The fourth-order valence-electron chi connectivity index (χ4n) is 1.96. The van der Waals surface area contributed by atoms with Crippen molar-refractivity contribution >= 4 is 34.5 Å². The summed E-state index contributed by atoms with van der Waals surface area (Å²) in [4.78, 5) is 34.2. The summed E-state index contributed by atoms with van der Waals surface area (Å²) in [5.41, 5.74) is 0.394.